The lowest BCUT2D eigenvalue weighted by Crippen LogP contribution is -2.21. The van der Waals surface area contributed by atoms with E-state index in [4.69, 9.17) is 0 Å². The Morgan fingerprint density at radius 3 is 1.73 bits per heavy atom. The van der Waals surface area contributed by atoms with Crippen LogP contribution < -0.4 is 4.90 Å². The number of fused-ring (bicyclic) bond motifs is 10. The number of hydrogen-bond acceptors (Lipinski definition) is 1. The molecule has 2 heteroatoms. The van der Waals surface area contributed by atoms with Crippen molar-refractivity contribution in [3.63, 3.8) is 0 Å². The van der Waals surface area contributed by atoms with Crippen molar-refractivity contribution in [1.29, 1.82) is 0 Å². The van der Waals surface area contributed by atoms with Gasteiger partial charge >= 0.3 is 0 Å². The van der Waals surface area contributed by atoms with Crippen LogP contribution in [0.2, 0.25) is 0 Å². The van der Waals surface area contributed by atoms with Crippen LogP contribution in [0, 0.1) is 0 Å². The van der Waals surface area contributed by atoms with Gasteiger partial charge in [0, 0.05) is 38.4 Å². The van der Waals surface area contributed by atoms with Gasteiger partial charge in [-0.15, -0.1) is 0 Å². The molecule has 2 nitrogen and oxygen atoms in total. The van der Waals surface area contributed by atoms with E-state index < -0.39 is 0 Å². The van der Waals surface area contributed by atoms with Gasteiger partial charge in [0.05, 0.1) is 28.1 Å². The van der Waals surface area contributed by atoms with Crippen LogP contribution in [0.3, 0.4) is 0 Å². The number of para-hydroxylation sites is 2. The molecule has 0 atom stereocenters. The minimum absolute atomic E-state index is 0.126. The summed E-state index contributed by atoms with van der Waals surface area (Å²) < 4.78 is 2.46. The molecule has 0 saturated carbocycles. The fourth-order valence-corrected chi connectivity index (χ4v) is 11.1. The number of rotatable bonds is 5. The van der Waals surface area contributed by atoms with E-state index in [1.807, 2.05) is 0 Å². The number of anilines is 3. The third kappa shape index (κ3) is 4.76. The Balaban J connectivity index is 1.15. The molecule has 0 amide bonds. The van der Waals surface area contributed by atoms with Gasteiger partial charge in [-0.3, -0.25) is 0 Å². The van der Waals surface area contributed by atoms with Gasteiger partial charge in [-0.2, -0.15) is 0 Å². The first-order valence-corrected chi connectivity index (χ1v) is 21.2. The van der Waals surface area contributed by atoms with Gasteiger partial charge in [0.15, 0.2) is 0 Å². The molecule has 0 N–H and O–H groups in total. The molecule has 0 aliphatic heterocycles. The molecule has 1 aromatic heterocycles. The van der Waals surface area contributed by atoms with Crippen LogP contribution in [0.25, 0.3) is 71.6 Å². The molecule has 286 valence electrons. The highest BCUT2D eigenvalue weighted by atomic mass is 15.2. The van der Waals surface area contributed by atoms with Crippen molar-refractivity contribution < 1.29 is 0 Å². The van der Waals surface area contributed by atoms with Crippen LogP contribution in [0.5, 0.6) is 0 Å². The normalized spacial score (nSPS) is 14.3. The summed E-state index contributed by atoms with van der Waals surface area (Å²) in [6.45, 7) is 9.55. The molecular formula is C58H44N2. The average Bonchev–Trinajstić information content (AvgIpc) is 3.84. The monoisotopic (exact) mass is 768 g/mol. The van der Waals surface area contributed by atoms with Gasteiger partial charge in [0.25, 0.3) is 0 Å². The Labute approximate surface area is 351 Å². The van der Waals surface area contributed by atoms with Crippen LogP contribution >= 0.6 is 0 Å². The van der Waals surface area contributed by atoms with Crippen LogP contribution in [-0.4, -0.2) is 4.57 Å². The largest absolute Gasteiger partial charge is 0.310 e. The molecule has 2 aliphatic rings. The summed E-state index contributed by atoms with van der Waals surface area (Å²) in [6, 6.07) is 72.3. The van der Waals surface area contributed by atoms with Crippen LogP contribution in [0.1, 0.15) is 49.9 Å². The molecule has 0 bridgehead atoms. The predicted molar refractivity (Wildman–Crippen MR) is 254 cm³/mol. The number of benzene rings is 9. The maximum atomic E-state index is 2.58. The second-order valence-electron chi connectivity index (χ2n) is 17.7. The van der Waals surface area contributed by atoms with Gasteiger partial charge in [0.2, 0.25) is 0 Å². The Bertz CT molecular complexity index is 3330. The van der Waals surface area contributed by atoms with E-state index in [0.717, 1.165) is 5.69 Å². The van der Waals surface area contributed by atoms with E-state index in [0.29, 0.717) is 0 Å². The Morgan fingerprint density at radius 1 is 0.400 bits per heavy atom. The van der Waals surface area contributed by atoms with Crippen molar-refractivity contribution >= 4 is 49.6 Å². The van der Waals surface area contributed by atoms with E-state index in [9.17, 15) is 0 Å². The second kappa shape index (κ2) is 12.7. The summed E-state index contributed by atoms with van der Waals surface area (Å²) in [7, 11) is 0. The Kier molecular flexibility index (Phi) is 7.36. The van der Waals surface area contributed by atoms with Crippen LogP contribution in [-0.2, 0) is 10.8 Å². The molecule has 0 unspecified atom stereocenters. The van der Waals surface area contributed by atoms with Gasteiger partial charge < -0.3 is 9.47 Å². The standard InChI is InChI=1S/C58H44N2/c1-57(2)47-26-13-9-23-45(47)55-48(57)27-17-30-51(55)59(53-31-16-24-44-41-20-8-12-25-46(41)58(3,4)56(44)53)39-33-34-40-38(36-39)32-35-52(54(40)37-18-6-5-7-19-37)60-49-28-14-10-21-42(49)43-22-11-15-29-50(43)60/h5-36H,1-4H3. The predicted octanol–water partition coefficient (Wildman–Crippen LogP) is 15.7. The topological polar surface area (TPSA) is 8.17 Å². The van der Waals surface area contributed by atoms with Gasteiger partial charge in [-0.25, -0.2) is 0 Å². The fraction of sp³-hybridized carbons (Fsp3) is 0.103. The van der Waals surface area contributed by atoms with Crippen molar-refractivity contribution in [3.8, 4) is 39.1 Å². The minimum Gasteiger partial charge on any atom is -0.310 e. The van der Waals surface area contributed by atoms with E-state index in [2.05, 4.69) is 231 Å². The molecule has 0 fully saturated rings. The van der Waals surface area contributed by atoms with E-state index in [1.54, 1.807) is 0 Å². The maximum Gasteiger partial charge on any atom is 0.0547 e. The number of hydrogen-bond donors (Lipinski definition) is 0. The molecule has 60 heavy (non-hydrogen) atoms. The van der Waals surface area contributed by atoms with Crippen molar-refractivity contribution in [2.45, 2.75) is 38.5 Å². The highest BCUT2D eigenvalue weighted by molar-refractivity contribution is 6.12. The molecule has 0 spiro atoms. The average molecular weight is 769 g/mol. The third-order valence-electron chi connectivity index (χ3n) is 13.7. The highest BCUT2D eigenvalue weighted by Gasteiger charge is 2.41. The first-order chi connectivity index (χ1) is 29.3. The lowest BCUT2D eigenvalue weighted by Gasteiger charge is -2.34. The smallest absolute Gasteiger partial charge is 0.0547 e. The SMILES string of the molecule is CC1(C)c2ccccc2-c2c(N(c3ccc4c(-c5ccccc5)c(-n5c6ccccc6c6ccccc65)ccc4c3)c3cccc4c3C(C)(C)c3ccccc3-4)cccc21. The number of nitrogens with zero attached hydrogens (tertiary/aromatic N) is 2. The molecule has 0 saturated heterocycles. The van der Waals surface area contributed by atoms with Crippen LogP contribution in [0.15, 0.2) is 194 Å². The summed E-state index contributed by atoms with van der Waals surface area (Å²) in [6.07, 6.45) is 0. The first kappa shape index (κ1) is 34.8. The van der Waals surface area contributed by atoms with Gasteiger partial charge in [0.1, 0.15) is 0 Å². The van der Waals surface area contributed by atoms with E-state index in [-0.39, 0.29) is 10.8 Å². The lowest BCUT2D eigenvalue weighted by molar-refractivity contribution is 0.659. The van der Waals surface area contributed by atoms with Crippen LogP contribution in [0.4, 0.5) is 17.1 Å². The molecule has 9 aromatic carbocycles. The fourth-order valence-electron chi connectivity index (χ4n) is 11.1. The second-order valence-corrected chi connectivity index (χ2v) is 17.7. The quantitative estimate of drug-likeness (QED) is 0.169. The third-order valence-corrected chi connectivity index (χ3v) is 13.7. The van der Waals surface area contributed by atoms with Crippen molar-refractivity contribution in [2.75, 3.05) is 4.90 Å². The number of aromatic nitrogens is 1. The molecule has 2 aliphatic carbocycles. The van der Waals surface area contributed by atoms with Gasteiger partial charge in [-0.05, 0) is 97.7 Å². The van der Waals surface area contributed by atoms with Crippen molar-refractivity contribution in [1.82, 2.24) is 4.57 Å². The summed E-state index contributed by atoms with van der Waals surface area (Å²) in [5, 5.41) is 4.95. The molecule has 12 rings (SSSR count). The van der Waals surface area contributed by atoms with E-state index in [1.165, 1.54) is 105 Å². The molecular weight excluding hydrogens is 725 g/mol. The minimum atomic E-state index is -0.204. The molecule has 1 heterocycles. The van der Waals surface area contributed by atoms with E-state index >= 15 is 0 Å². The summed E-state index contributed by atoms with van der Waals surface area (Å²) in [4.78, 5) is 2.58. The Morgan fingerprint density at radius 2 is 0.983 bits per heavy atom. The highest BCUT2D eigenvalue weighted by Crippen LogP contribution is 2.58. The molecule has 0 radical (unpaired) electrons. The first-order valence-electron chi connectivity index (χ1n) is 21.2. The summed E-state index contributed by atoms with van der Waals surface area (Å²) in [5.74, 6) is 0. The zero-order chi connectivity index (χ0) is 40.3. The zero-order valence-electron chi connectivity index (χ0n) is 34.4. The van der Waals surface area contributed by atoms with Crippen molar-refractivity contribution in [3.05, 3.63) is 216 Å². The zero-order valence-corrected chi connectivity index (χ0v) is 34.4. The Hall–Kier alpha value is -7.16. The summed E-state index contributed by atoms with van der Waals surface area (Å²) in [5.41, 5.74) is 20.0. The lowest BCUT2D eigenvalue weighted by atomic mass is 9.81. The summed E-state index contributed by atoms with van der Waals surface area (Å²) >= 11 is 0. The van der Waals surface area contributed by atoms with Crippen molar-refractivity contribution in [2.24, 2.45) is 0 Å². The van der Waals surface area contributed by atoms with Gasteiger partial charge in [-0.1, -0.05) is 179 Å². The molecule has 10 aromatic rings. The maximum absolute atomic E-state index is 2.58.